The van der Waals surface area contributed by atoms with Crippen molar-refractivity contribution in [2.45, 2.75) is 106 Å². The number of nitrogens with one attached hydrogen (secondary N) is 3. The number of benzene rings is 2. The smallest absolute Gasteiger partial charge is 0.410 e. The molecule has 0 spiro atoms. The van der Waals surface area contributed by atoms with Crippen molar-refractivity contribution in [3.8, 4) is 0 Å². The summed E-state index contributed by atoms with van der Waals surface area (Å²) in [6, 6.07) is 8.22. The van der Waals surface area contributed by atoms with Gasteiger partial charge in [0.25, 0.3) is 5.91 Å². The molecule has 7 rings (SSSR count). The molecule has 5 atom stereocenters. The van der Waals surface area contributed by atoms with Gasteiger partial charge in [0.05, 0.1) is 17.8 Å². The van der Waals surface area contributed by atoms with Gasteiger partial charge >= 0.3 is 6.09 Å². The molecule has 1 saturated heterocycles. The molecule has 5 aliphatic rings. The number of allylic oxidation sites excluding steroid dienone is 1. The number of hydrogen-bond donors (Lipinski definition) is 3. The third-order valence-corrected chi connectivity index (χ3v) is 13.3. The quantitative estimate of drug-likeness (QED) is 0.372. The van der Waals surface area contributed by atoms with Gasteiger partial charge in [-0.1, -0.05) is 37.1 Å². The Balaban J connectivity index is 1.15. The number of carbonyl (C=O) groups excluding carboxylic acids is 4. The first-order valence-electron chi connectivity index (χ1n) is 17.9. The van der Waals surface area contributed by atoms with E-state index in [1.165, 1.54) is 40.1 Å². The lowest BCUT2D eigenvalue weighted by molar-refractivity contribution is -0.140. The maximum absolute atomic E-state index is 14.4. The summed E-state index contributed by atoms with van der Waals surface area (Å²) in [6.07, 6.45) is 6.40. The van der Waals surface area contributed by atoms with Crippen LogP contribution >= 0.6 is 0 Å². The Hall–Kier alpha value is -4.53. The van der Waals surface area contributed by atoms with Crippen LogP contribution in [0.2, 0.25) is 0 Å². The number of rotatable bonds is 6. The van der Waals surface area contributed by atoms with Gasteiger partial charge in [-0.15, -0.1) is 0 Å². The van der Waals surface area contributed by atoms with Crippen molar-refractivity contribution < 1.29 is 41.1 Å². The number of halogens is 2. The molecule has 0 aromatic heterocycles. The Bertz CT molecular complexity index is 1900. The molecule has 15 heteroatoms. The lowest BCUT2D eigenvalue weighted by Crippen LogP contribution is -2.58. The van der Waals surface area contributed by atoms with Crippen molar-refractivity contribution >= 4 is 39.5 Å². The lowest BCUT2D eigenvalue weighted by atomic mass is 10.0. The van der Waals surface area contributed by atoms with Crippen LogP contribution in [0, 0.1) is 17.6 Å². The zero-order chi connectivity index (χ0) is 36.8. The van der Waals surface area contributed by atoms with Crippen LogP contribution in [0.1, 0.15) is 75.8 Å². The molecular formula is C37H43F2N5O7S. The van der Waals surface area contributed by atoms with Gasteiger partial charge in [-0.2, -0.15) is 0 Å². The van der Waals surface area contributed by atoms with Crippen LogP contribution in [-0.4, -0.2) is 77.1 Å². The zero-order valence-electron chi connectivity index (χ0n) is 28.9. The molecule has 3 N–H and O–H groups in total. The minimum Gasteiger partial charge on any atom is -0.444 e. The van der Waals surface area contributed by atoms with Crippen molar-refractivity contribution in [1.29, 1.82) is 0 Å². The molecule has 278 valence electrons. The molecule has 3 fully saturated rings. The van der Waals surface area contributed by atoms with E-state index in [1.807, 2.05) is 12.2 Å². The number of fused-ring (bicyclic) bond motifs is 3. The molecule has 0 radical (unpaired) electrons. The molecule has 3 aliphatic heterocycles. The first kappa shape index (κ1) is 35.9. The Morgan fingerprint density at radius 3 is 2.52 bits per heavy atom. The van der Waals surface area contributed by atoms with E-state index in [4.69, 9.17) is 4.74 Å². The van der Waals surface area contributed by atoms with Gasteiger partial charge in [-0.05, 0) is 81.3 Å². The molecule has 4 amide bonds. The third kappa shape index (κ3) is 7.11. The first-order chi connectivity index (χ1) is 24.8. The highest BCUT2D eigenvalue weighted by Gasteiger charge is 2.63. The standard InChI is InChI=1S/C37H43F2N5O7S/c1-36(16-17-36)52(49,50)42-34(47)37-19-24(37)9-5-3-2-4-6-11-30(40-26-14-12-25(38)13-15-26)33(46)44-21-27(18-31(44)32(45)41-37)51-35(48)43-20-23-8-7-10-29(39)28(23)22-43/h5,7-10,12-15,24,27,30-31,40H,2-4,6,11,16-22H2,1H3,(H,41,45)(H,42,47)/t24-,27-,30+,31+,37-/m1/s1. The van der Waals surface area contributed by atoms with E-state index in [-0.39, 0.29) is 32.5 Å². The molecule has 3 heterocycles. The van der Waals surface area contributed by atoms with E-state index in [2.05, 4.69) is 15.4 Å². The molecule has 0 unspecified atom stereocenters. The summed E-state index contributed by atoms with van der Waals surface area (Å²) in [6.45, 7) is 1.59. The maximum Gasteiger partial charge on any atom is 0.410 e. The molecule has 0 bridgehead atoms. The van der Waals surface area contributed by atoms with Crippen LogP contribution < -0.4 is 15.4 Å². The van der Waals surface area contributed by atoms with Crippen LogP contribution in [0.5, 0.6) is 0 Å². The highest BCUT2D eigenvalue weighted by atomic mass is 32.2. The molecule has 2 saturated carbocycles. The van der Waals surface area contributed by atoms with E-state index in [9.17, 15) is 36.4 Å². The summed E-state index contributed by atoms with van der Waals surface area (Å²) in [5.74, 6) is -3.28. The predicted octanol–water partition coefficient (Wildman–Crippen LogP) is 4.26. The predicted molar refractivity (Wildman–Crippen MR) is 186 cm³/mol. The van der Waals surface area contributed by atoms with Crippen LogP contribution in [0.3, 0.4) is 0 Å². The number of anilines is 1. The number of nitrogens with zero attached hydrogens (tertiary/aromatic N) is 2. The topological polar surface area (TPSA) is 154 Å². The van der Waals surface area contributed by atoms with E-state index in [0.29, 0.717) is 48.9 Å². The average molecular weight is 740 g/mol. The molecular weight excluding hydrogens is 696 g/mol. The van der Waals surface area contributed by atoms with Gasteiger partial charge in [-0.3, -0.25) is 24.0 Å². The Morgan fingerprint density at radius 2 is 1.79 bits per heavy atom. The van der Waals surface area contributed by atoms with E-state index < -0.39 is 79.9 Å². The van der Waals surface area contributed by atoms with Crippen molar-refractivity contribution in [3.05, 3.63) is 77.4 Å². The van der Waals surface area contributed by atoms with Crippen LogP contribution in [0.4, 0.5) is 19.3 Å². The van der Waals surface area contributed by atoms with Crippen LogP contribution in [-0.2, 0) is 42.2 Å². The van der Waals surface area contributed by atoms with Crippen LogP contribution in [0.25, 0.3) is 0 Å². The fourth-order valence-corrected chi connectivity index (χ4v) is 8.73. The number of carbonyl (C=O) groups is 4. The minimum atomic E-state index is -4.01. The lowest BCUT2D eigenvalue weighted by Gasteiger charge is -2.30. The van der Waals surface area contributed by atoms with Crippen molar-refractivity contribution in [2.75, 3.05) is 11.9 Å². The number of hydrogen-bond acceptors (Lipinski definition) is 8. The van der Waals surface area contributed by atoms with Gasteiger partial charge in [0.1, 0.15) is 35.4 Å². The highest BCUT2D eigenvalue weighted by molar-refractivity contribution is 7.91. The second kappa shape index (κ2) is 13.8. The maximum atomic E-state index is 14.4. The summed E-state index contributed by atoms with van der Waals surface area (Å²) in [5, 5.41) is 6.02. The zero-order valence-corrected chi connectivity index (χ0v) is 29.7. The summed E-state index contributed by atoms with van der Waals surface area (Å²) in [7, 11) is -4.01. The molecule has 2 aliphatic carbocycles. The van der Waals surface area contributed by atoms with Crippen molar-refractivity contribution in [1.82, 2.24) is 19.8 Å². The minimum absolute atomic E-state index is 0.0122. The van der Waals surface area contributed by atoms with Crippen LogP contribution in [0.15, 0.2) is 54.6 Å². The average Bonchev–Trinajstić information content (AvgIpc) is 3.90. The monoisotopic (exact) mass is 739 g/mol. The van der Waals surface area contributed by atoms with Gasteiger partial charge in [0, 0.05) is 30.1 Å². The number of amides is 4. The summed E-state index contributed by atoms with van der Waals surface area (Å²) < 4.78 is 61.3. The molecule has 12 nitrogen and oxygen atoms in total. The second-order valence-electron chi connectivity index (χ2n) is 14.9. The summed E-state index contributed by atoms with van der Waals surface area (Å²) in [4.78, 5) is 58.5. The fourth-order valence-electron chi connectivity index (χ4n) is 7.42. The Kier molecular flexibility index (Phi) is 9.51. The molecule has 2 aromatic rings. The van der Waals surface area contributed by atoms with E-state index in [0.717, 1.165) is 12.8 Å². The fraction of sp³-hybridized carbons (Fsp3) is 0.514. The van der Waals surface area contributed by atoms with E-state index >= 15 is 0 Å². The molecule has 2 aromatic carbocycles. The van der Waals surface area contributed by atoms with Gasteiger partial charge < -0.3 is 20.3 Å². The normalized spacial score (nSPS) is 28.4. The van der Waals surface area contributed by atoms with Gasteiger partial charge in [0.15, 0.2) is 0 Å². The first-order valence-corrected chi connectivity index (χ1v) is 19.4. The Labute approximate surface area is 301 Å². The van der Waals surface area contributed by atoms with E-state index in [1.54, 1.807) is 19.1 Å². The SMILES string of the molecule is CC1(S(=O)(=O)NC(=O)[C@@]23C[C@H]2C=CCCCCC[C@H](Nc2ccc(F)cc2)C(=O)N2C[C@H](OC(=O)N4Cc5cccc(F)c5C4)C[C@H]2C(=O)N3)CC1. The highest BCUT2D eigenvalue weighted by Crippen LogP contribution is 2.47. The second-order valence-corrected chi connectivity index (χ2v) is 17.1. The van der Waals surface area contributed by atoms with Gasteiger partial charge in [-0.25, -0.2) is 22.0 Å². The number of sulfonamides is 1. The molecule has 52 heavy (non-hydrogen) atoms. The number of ether oxygens (including phenoxy) is 1. The van der Waals surface area contributed by atoms with Crippen molar-refractivity contribution in [2.24, 2.45) is 5.92 Å². The van der Waals surface area contributed by atoms with Crippen molar-refractivity contribution in [3.63, 3.8) is 0 Å². The summed E-state index contributed by atoms with van der Waals surface area (Å²) >= 11 is 0. The van der Waals surface area contributed by atoms with Gasteiger partial charge in [0.2, 0.25) is 21.8 Å². The third-order valence-electron chi connectivity index (χ3n) is 11.1. The largest absolute Gasteiger partial charge is 0.444 e. The Morgan fingerprint density at radius 1 is 1.02 bits per heavy atom. The summed E-state index contributed by atoms with van der Waals surface area (Å²) in [5.41, 5.74) is 0.0190.